The van der Waals surface area contributed by atoms with E-state index in [4.69, 9.17) is 11.6 Å². The molecule has 0 radical (unpaired) electrons. The molecule has 5 nitrogen and oxygen atoms in total. The van der Waals surface area contributed by atoms with Gasteiger partial charge in [0.1, 0.15) is 0 Å². The summed E-state index contributed by atoms with van der Waals surface area (Å²) in [6.45, 7) is 0.610. The maximum absolute atomic E-state index is 13.0. The molecule has 1 aliphatic rings. The van der Waals surface area contributed by atoms with Gasteiger partial charge in [-0.3, -0.25) is 9.52 Å². The summed E-state index contributed by atoms with van der Waals surface area (Å²) >= 11 is 5.82. The molecule has 0 saturated carbocycles. The maximum atomic E-state index is 13.0. The molecule has 1 amide bonds. The Hall–Kier alpha value is -2.83. The number of fused-ring (bicyclic) bond motifs is 1. The van der Waals surface area contributed by atoms with Crippen LogP contribution in [0.25, 0.3) is 0 Å². The molecule has 0 unspecified atom stereocenters. The van der Waals surface area contributed by atoms with Crippen LogP contribution in [0.2, 0.25) is 5.02 Å². The molecule has 3 aromatic carbocycles. The molecule has 7 heteroatoms. The number of nitrogens with zero attached hydrogens (tertiary/aromatic N) is 1. The van der Waals surface area contributed by atoms with Gasteiger partial charge in [-0.15, -0.1) is 0 Å². The predicted molar refractivity (Wildman–Crippen MR) is 111 cm³/mol. The zero-order valence-corrected chi connectivity index (χ0v) is 16.4. The van der Waals surface area contributed by atoms with Crippen LogP contribution in [0.3, 0.4) is 0 Å². The Labute approximate surface area is 168 Å². The van der Waals surface area contributed by atoms with Crippen LogP contribution in [0.4, 0.5) is 11.4 Å². The van der Waals surface area contributed by atoms with Gasteiger partial charge < -0.3 is 4.90 Å². The molecule has 28 heavy (non-hydrogen) atoms. The quantitative estimate of drug-likeness (QED) is 0.693. The van der Waals surface area contributed by atoms with Crippen LogP contribution in [0.1, 0.15) is 15.9 Å². The number of carbonyl (C=O) groups excluding carboxylic acids is 1. The van der Waals surface area contributed by atoms with Gasteiger partial charge >= 0.3 is 0 Å². The van der Waals surface area contributed by atoms with Crippen molar-refractivity contribution in [1.82, 2.24) is 0 Å². The van der Waals surface area contributed by atoms with Crippen molar-refractivity contribution in [1.29, 1.82) is 0 Å². The van der Waals surface area contributed by atoms with Crippen LogP contribution in [0.5, 0.6) is 0 Å². The number of carbonyl (C=O) groups is 1. The van der Waals surface area contributed by atoms with E-state index < -0.39 is 10.0 Å². The second-order valence-corrected chi connectivity index (χ2v) is 8.59. The molecule has 0 atom stereocenters. The Morgan fingerprint density at radius 2 is 1.71 bits per heavy atom. The molecule has 0 spiro atoms. The Morgan fingerprint density at radius 3 is 2.50 bits per heavy atom. The molecule has 1 heterocycles. The van der Waals surface area contributed by atoms with Crippen molar-refractivity contribution in [2.24, 2.45) is 0 Å². The summed E-state index contributed by atoms with van der Waals surface area (Å²) in [6.07, 6.45) is 0.810. The Morgan fingerprint density at radius 1 is 0.964 bits per heavy atom. The van der Waals surface area contributed by atoms with E-state index >= 15 is 0 Å². The number of nitrogens with one attached hydrogen (secondary N) is 1. The van der Waals surface area contributed by atoms with Crippen molar-refractivity contribution in [2.45, 2.75) is 11.3 Å². The summed E-state index contributed by atoms with van der Waals surface area (Å²) in [4.78, 5) is 14.8. The highest BCUT2D eigenvalue weighted by Crippen LogP contribution is 2.29. The van der Waals surface area contributed by atoms with Crippen LogP contribution in [-0.2, 0) is 16.4 Å². The average molecular weight is 413 g/mol. The van der Waals surface area contributed by atoms with E-state index in [0.717, 1.165) is 17.7 Å². The average Bonchev–Trinajstić information content (AvgIpc) is 3.12. The lowest BCUT2D eigenvalue weighted by atomic mass is 10.1. The number of rotatable bonds is 4. The zero-order chi connectivity index (χ0) is 19.7. The van der Waals surface area contributed by atoms with Gasteiger partial charge in [-0.2, -0.15) is 0 Å². The SMILES string of the molecule is O=C(c1cccc(NS(=O)(=O)c2ccc(Cl)cc2)c1)N1CCc2ccccc21. The van der Waals surface area contributed by atoms with Gasteiger partial charge in [-0.05, 0) is 60.5 Å². The monoisotopic (exact) mass is 412 g/mol. The highest BCUT2D eigenvalue weighted by Gasteiger charge is 2.25. The first-order chi connectivity index (χ1) is 13.4. The molecule has 1 aliphatic heterocycles. The molecule has 0 aromatic heterocycles. The number of hydrogen-bond acceptors (Lipinski definition) is 3. The third-order valence-electron chi connectivity index (χ3n) is 4.62. The Kier molecular flexibility index (Phi) is 4.83. The highest BCUT2D eigenvalue weighted by atomic mass is 35.5. The molecular weight excluding hydrogens is 396 g/mol. The minimum Gasteiger partial charge on any atom is -0.308 e. The maximum Gasteiger partial charge on any atom is 0.261 e. The van der Waals surface area contributed by atoms with E-state index in [1.165, 1.54) is 24.3 Å². The number of benzene rings is 3. The van der Waals surface area contributed by atoms with Crippen molar-refractivity contribution in [3.63, 3.8) is 0 Å². The third kappa shape index (κ3) is 3.61. The molecule has 142 valence electrons. The van der Waals surface area contributed by atoms with Gasteiger partial charge in [0, 0.05) is 28.5 Å². The second-order valence-electron chi connectivity index (χ2n) is 6.48. The Bertz CT molecular complexity index is 1140. The summed E-state index contributed by atoms with van der Waals surface area (Å²) in [5.74, 6) is -0.155. The number of para-hydroxylation sites is 1. The molecule has 0 aliphatic carbocycles. The third-order valence-corrected chi connectivity index (χ3v) is 6.27. The van der Waals surface area contributed by atoms with Gasteiger partial charge in [0.25, 0.3) is 15.9 Å². The molecule has 3 aromatic rings. The first-order valence-corrected chi connectivity index (χ1v) is 10.6. The van der Waals surface area contributed by atoms with E-state index in [9.17, 15) is 13.2 Å². The largest absolute Gasteiger partial charge is 0.308 e. The Balaban J connectivity index is 1.58. The lowest BCUT2D eigenvalue weighted by Crippen LogP contribution is -2.28. The van der Waals surface area contributed by atoms with Crippen LogP contribution < -0.4 is 9.62 Å². The summed E-state index contributed by atoms with van der Waals surface area (Å²) in [6, 6.07) is 20.2. The van der Waals surface area contributed by atoms with Crippen LogP contribution in [-0.4, -0.2) is 20.9 Å². The molecule has 4 rings (SSSR count). The van der Waals surface area contributed by atoms with Crippen molar-refractivity contribution < 1.29 is 13.2 Å². The van der Waals surface area contributed by atoms with E-state index in [1.807, 2.05) is 24.3 Å². The fraction of sp³-hybridized carbons (Fsp3) is 0.0952. The van der Waals surface area contributed by atoms with Gasteiger partial charge in [-0.25, -0.2) is 8.42 Å². The van der Waals surface area contributed by atoms with Gasteiger partial charge in [0.2, 0.25) is 0 Å². The summed E-state index contributed by atoms with van der Waals surface area (Å²) in [5.41, 5.74) is 2.79. The predicted octanol–water partition coefficient (Wildman–Crippen LogP) is 4.34. The number of hydrogen-bond donors (Lipinski definition) is 1. The molecule has 1 N–H and O–H groups in total. The van der Waals surface area contributed by atoms with E-state index in [2.05, 4.69) is 4.72 Å². The van der Waals surface area contributed by atoms with Gasteiger partial charge in [-0.1, -0.05) is 35.9 Å². The van der Waals surface area contributed by atoms with E-state index in [-0.39, 0.29) is 10.8 Å². The number of halogens is 1. The second kappa shape index (κ2) is 7.30. The first-order valence-electron chi connectivity index (χ1n) is 8.72. The standard InChI is InChI=1S/C21H17ClN2O3S/c22-17-8-10-19(11-9-17)28(26,27)23-18-6-3-5-16(14-18)21(25)24-13-12-15-4-1-2-7-20(15)24/h1-11,14,23H,12-13H2. The molecule has 0 bridgehead atoms. The van der Waals surface area contributed by atoms with Crippen molar-refractivity contribution >= 4 is 38.9 Å². The van der Waals surface area contributed by atoms with Crippen molar-refractivity contribution in [3.05, 3.63) is 88.9 Å². The normalized spacial score (nSPS) is 13.2. The van der Waals surface area contributed by atoms with Gasteiger partial charge in [0.15, 0.2) is 0 Å². The van der Waals surface area contributed by atoms with Gasteiger partial charge in [0.05, 0.1) is 4.90 Å². The highest BCUT2D eigenvalue weighted by molar-refractivity contribution is 7.92. The minimum atomic E-state index is -3.77. The lowest BCUT2D eigenvalue weighted by Gasteiger charge is -2.18. The number of anilines is 2. The van der Waals surface area contributed by atoms with Crippen LogP contribution in [0, 0.1) is 0 Å². The summed E-state index contributed by atoms with van der Waals surface area (Å²) in [7, 11) is -3.77. The number of sulfonamides is 1. The molecular formula is C21H17ClN2O3S. The first kappa shape index (κ1) is 18.5. The van der Waals surface area contributed by atoms with E-state index in [1.54, 1.807) is 29.2 Å². The zero-order valence-electron chi connectivity index (χ0n) is 14.8. The topological polar surface area (TPSA) is 66.5 Å². The van der Waals surface area contributed by atoms with Crippen LogP contribution in [0.15, 0.2) is 77.7 Å². The minimum absolute atomic E-state index is 0.0992. The summed E-state index contributed by atoms with van der Waals surface area (Å²) < 4.78 is 27.6. The van der Waals surface area contributed by atoms with Crippen LogP contribution >= 0.6 is 11.6 Å². The van der Waals surface area contributed by atoms with Crippen molar-refractivity contribution in [2.75, 3.05) is 16.2 Å². The lowest BCUT2D eigenvalue weighted by molar-refractivity contribution is 0.0989. The molecule has 0 fully saturated rings. The fourth-order valence-electron chi connectivity index (χ4n) is 3.25. The van der Waals surface area contributed by atoms with Crippen molar-refractivity contribution in [3.8, 4) is 0 Å². The summed E-state index contributed by atoms with van der Waals surface area (Å²) in [5, 5.41) is 0.456. The number of amides is 1. The van der Waals surface area contributed by atoms with E-state index in [0.29, 0.717) is 22.8 Å². The smallest absolute Gasteiger partial charge is 0.261 e. The fourth-order valence-corrected chi connectivity index (χ4v) is 4.42. The molecule has 0 saturated heterocycles.